The van der Waals surface area contributed by atoms with E-state index in [0.29, 0.717) is 0 Å². The quantitative estimate of drug-likeness (QED) is 0.581. The smallest absolute Gasteiger partial charge is 0.199 e. The van der Waals surface area contributed by atoms with Gasteiger partial charge in [0, 0.05) is 39.3 Å². The standard InChI is InChI=1S/C11H24N3O.2C2H6.Y/c1-13-8-6-4-2-3-5-7-9-14-11(15)10-12;2*1-2;/h12-13H,2-10H2,1H3,(H,14,15);2*1-2H3;/q-1;;;. The zero-order chi connectivity index (χ0) is 15.4. The fourth-order valence-corrected chi connectivity index (χ4v) is 1.42. The number of rotatable bonds is 10. The summed E-state index contributed by atoms with van der Waals surface area (Å²) in [6.45, 7) is 9.69. The van der Waals surface area contributed by atoms with Crippen molar-refractivity contribution in [2.75, 3.05) is 26.7 Å². The van der Waals surface area contributed by atoms with Crippen LogP contribution in [0.2, 0.25) is 0 Å². The number of unbranched alkanes of at least 4 members (excludes halogenated alkanes) is 5. The largest absolute Gasteiger partial charge is 0.670 e. The molecule has 0 aromatic rings. The van der Waals surface area contributed by atoms with E-state index in [1.54, 1.807) is 0 Å². The van der Waals surface area contributed by atoms with E-state index in [1.165, 1.54) is 32.1 Å². The molecule has 1 amide bonds. The van der Waals surface area contributed by atoms with Gasteiger partial charge in [-0.15, -0.1) is 0 Å². The predicted octanol–water partition coefficient (Wildman–Crippen LogP) is 3.76. The molecule has 3 N–H and O–H groups in total. The van der Waals surface area contributed by atoms with Gasteiger partial charge in [0.05, 0.1) is 0 Å². The van der Waals surface area contributed by atoms with Gasteiger partial charge in [0.25, 0.3) is 0 Å². The number of hydrogen-bond acceptors (Lipinski definition) is 2. The fourth-order valence-electron chi connectivity index (χ4n) is 1.42. The Bertz CT molecular complexity index is 158. The third kappa shape index (κ3) is 31.1. The first-order chi connectivity index (χ1) is 9.31. The van der Waals surface area contributed by atoms with Crippen molar-refractivity contribution in [2.24, 2.45) is 0 Å². The van der Waals surface area contributed by atoms with Crippen LogP contribution in [0.25, 0.3) is 5.73 Å². The molecule has 0 aliphatic heterocycles. The van der Waals surface area contributed by atoms with E-state index in [-0.39, 0.29) is 45.2 Å². The van der Waals surface area contributed by atoms with Crippen molar-refractivity contribution < 1.29 is 37.5 Å². The van der Waals surface area contributed by atoms with Crippen molar-refractivity contribution in [2.45, 2.75) is 66.2 Å². The molecule has 4 nitrogen and oxygen atoms in total. The van der Waals surface area contributed by atoms with Crippen molar-refractivity contribution in [1.29, 1.82) is 0 Å². The molecule has 0 aromatic carbocycles. The van der Waals surface area contributed by atoms with Crippen molar-refractivity contribution in [3.8, 4) is 0 Å². The summed E-state index contributed by atoms with van der Waals surface area (Å²) in [5, 5.41) is 5.84. The minimum atomic E-state index is -0.163. The summed E-state index contributed by atoms with van der Waals surface area (Å²) in [4.78, 5) is 10.7. The monoisotopic (exact) mass is 363 g/mol. The van der Waals surface area contributed by atoms with E-state index >= 15 is 0 Å². The normalized spacial score (nSPS) is 8.30. The number of carbonyl (C=O) groups is 1. The first kappa shape index (κ1) is 28.6. The van der Waals surface area contributed by atoms with Crippen LogP contribution in [0.1, 0.15) is 66.2 Å². The SMILES string of the molecule is CC.CC.CNCCCCCCCCNC(=O)C[NH-].[Y]. The fraction of sp³-hybridized carbons (Fsp3) is 0.933. The molecule has 0 aliphatic rings. The summed E-state index contributed by atoms with van der Waals surface area (Å²) < 4.78 is 0. The summed E-state index contributed by atoms with van der Waals surface area (Å²) in [6, 6.07) is 0. The molecule has 0 rings (SSSR count). The van der Waals surface area contributed by atoms with Crippen molar-refractivity contribution >= 4 is 5.91 Å². The predicted molar refractivity (Wildman–Crippen MR) is 86.5 cm³/mol. The van der Waals surface area contributed by atoms with Crippen LogP contribution in [0.4, 0.5) is 0 Å². The van der Waals surface area contributed by atoms with E-state index in [1.807, 2.05) is 34.7 Å². The molecule has 121 valence electrons. The van der Waals surface area contributed by atoms with Gasteiger partial charge in [-0.05, 0) is 26.4 Å². The third-order valence-corrected chi connectivity index (χ3v) is 2.34. The van der Waals surface area contributed by atoms with E-state index in [9.17, 15) is 4.79 Å². The summed E-state index contributed by atoms with van der Waals surface area (Å²) in [5.41, 5.74) is 6.80. The maximum Gasteiger partial charge on any atom is 0.199 e. The van der Waals surface area contributed by atoms with Gasteiger partial charge in [0.1, 0.15) is 0 Å². The van der Waals surface area contributed by atoms with Gasteiger partial charge in [0.15, 0.2) is 5.91 Å². The Hall–Kier alpha value is 0.494. The van der Waals surface area contributed by atoms with Crippen LogP contribution in [0.5, 0.6) is 0 Å². The molecule has 20 heavy (non-hydrogen) atoms. The first-order valence-electron chi connectivity index (χ1n) is 7.87. The van der Waals surface area contributed by atoms with Gasteiger partial charge in [0.2, 0.25) is 0 Å². The van der Waals surface area contributed by atoms with E-state index in [4.69, 9.17) is 5.73 Å². The summed E-state index contributed by atoms with van der Waals surface area (Å²) >= 11 is 0. The minimum absolute atomic E-state index is 0. The second-order valence-electron chi connectivity index (χ2n) is 3.75. The topological polar surface area (TPSA) is 64.9 Å². The van der Waals surface area contributed by atoms with Crippen LogP contribution in [0.15, 0.2) is 0 Å². The van der Waals surface area contributed by atoms with Gasteiger partial charge in [-0.25, -0.2) is 0 Å². The van der Waals surface area contributed by atoms with E-state index < -0.39 is 0 Å². The number of amides is 1. The third-order valence-electron chi connectivity index (χ3n) is 2.34. The van der Waals surface area contributed by atoms with Gasteiger partial charge in [-0.1, -0.05) is 59.9 Å². The van der Waals surface area contributed by atoms with Crippen LogP contribution in [-0.4, -0.2) is 32.6 Å². The molecule has 1 radical (unpaired) electrons. The first-order valence-corrected chi connectivity index (χ1v) is 7.87. The number of nitrogens with one attached hydrogen (secondary N) is 3. The molecule has 0 spiro atoms. The zero-order valence-corrected chi connectivity index (χ0v) is 17.2. The van der Waals surface area contributed by atoms with Gasteiger partial charge in [-0.2, -0.15) is 0 Å². The van der Waals surface area contributed by atoms with Crippen LogP contribution in [0.3, 0.4) is 0 Å². The molecular weight excluding hydrogens is 327 g/mol. The average Bonchev–Trinajstić information content (AvgIpc) is 2.49. The Morgan fingerprint density at radius 1 is 0.850 bits per heavy atom. The second-order valence-corrected chi connectivity index (χ2v) is 3.75. The van der Waals surface area contributed by atoms with Gasteiger partial charge >= 0.3 is 0 Å². The maximum atomic E-state index is 10.7. The Morgan fingerprint density at radius 2 is 1.25 bits per heavy atom. The Labute approximate surface area is 152 Å². The average molecular weight is 363 g/mol. The molecule has 0 saturated carbocycles. The Morgan fingerprint density at radius 3 is 1.65 bits per heavy atom. The molecule has 5 heteroatoms. The van der Waals surface area contributed by atoms with E-state index in [0.717, 1.165) is 19.5 Å². The number of carbonyl (C=O) groups excluding carboxylic acids is 1. The molecule has 0 fully saturated rings. The zero-order valence-electron chi connectivity index (χ0n) is 14.3. The van der Waals surface area contributed by atoms with Crippen LogP contribution in [-0.2, 0) is 37.5 Å². The summed E-state index contributed by atoms with van der Waals surface area (Å²) in [5.74, 6) is -0.163. The molecule has 0 unspecified atom stereocenters. The van der Waals surface area contributed by atoms with Gasteiger partial charge < -0.3 is 16.4 Å². The summed E-state index contributed by atoms with van der Waals surface area (Å²) in [7, 11) is 1.98. The molecule has 0 bridgehead atoms. The maximum absolute atomic E-state index is 10.7. The molecular formula is C15H36N3OY-. The molecule has 0 aliphatic carbocycles. The van der Waals surface area contributed by atoms with Crippen molar-refractivity contribution in [3.05, 3.63) is 5.73 Å². The molecule has 0 atom stereocenters. The van der Waals surface area contributed by atoms with Crippen molar-refractivity contribution in [3.63, 3.8) is 0 Å². The molecule has 0 aromatic heterocycles. The minimum Gasteiger partial charge on any atom is -0.670 e. The van der Waals surface area contributed by atoms with Crippen LogP contribution < -0.4 is 10.6 Å². The van der Waals surface area contributed by atoms with Crippen LogP contribution in [0, 0.1) is 0 Å². The van der Waals surface area contributed by atoms with Gasteiger partial charge in [-0.3, -0.25) is 4.79 Å². The second kappa shape index (κ2) is 31.7. The van der Waals surface area contributed by atoms with Crippen molar-refractivity contribution in [1.82, 2.24) is 10.6 Å². The number of hydrogen-bond donors (Lipinski definition) is 2. The Kier molecular flexibility index (Phi) is 45.4. The summed E-state index contributed by atoms with van der Waals surface area (Å²) in [6.07, 6.45) is 7.30. The van der Waals surface area contributed by atoms with Crippen LogP contribution >= 0.6 is 0 Å². The molecule has 0 saturated heterocycles. The Balaban J connectivity index is -0.000000233. The molecule has 0 heterocycles. The van der Waals surface area contributed by atoms with E-state index in [2.05, 4.69) is 10.6 Å².